The van der Waals surface area contributed by atoms with E-state index < -0.39 is 0 Å². The Morgan fingerprint density at radius 3 is 1.75 bits per heavy atom. The molecule has 5 nitrogen and oxygen atoms in total. The first-order valence-corrected chi connectivity index (χ1v) is 10.8. The summed E-state index contributed by atoms with van der Waals surface area (Å²) in [5.41, 5.74) is 2.13. The Morgan fingerprint density at radius 2 is 1.19 bits per heavy atom. The van der Waals surface area contributed by atoms with Gasteiger partial charge in [0.25, 0.3) is 0 Å². The van der Waals surface area contributed by atoms with E-state index in [1.54, 1.807) is 48.5 Å². The zero-order valence-corrected chi connectivity index (χ0v) is 17.8. The molecule has 0 saturated heterocycles. The summed E-state index contributed by atoms with van der Waals surface area (Å²) in [4.78, 5) is 24.7. The summed E-state index contributed by atoms with van der Waals surface area (Å²) in [6.07, 6.45) is 0.696. The Bertz CT molecular complexity index is 1000. The highest BCUT2D eigenvalue weighted by atomic mass is 16.5. The Morgan fingerprint density at radius 1 is 0.688 bits per heavy atom. The summed E-state index contributed by atoms with van der Waals surface area (Å²) in [5, 5.41) is 0. The summed E-state index contributed by atoms with van der Waals surface area (Å²) in [6, 6.07) is 27.8. The van der Waals surface area contributed by atoms with Gasteiger partial charge in [0.15, 0.2) is 0 Å². The molecule has 0 bridgehead atoms. The van der Waals surface area contributed by atoms with E-state index in [0.717, 1.165) is 12.0 Å². The smallest absolute Gasteiger partial charge is 0.338 e. The van der Waals surface area contributed by atoms with Crippen molar-refractivity contribution in [1.82, 2.24) is 0 Å². The molecule has 1 aliphatic rings. The van der Waals surface area contributed by atoms with Crippen molar-refractivity contribution in [1.29, 1.82) is 0 Å². The second kappa shape index (κ2) is 10.7. The van der Waals surface area contributed by atoms with Crippen LogP contribution in [0.2, 0.25) is 0 Å². The number of hydrogen-bond acceptors (Lipinski definition) is 5. The zero-order valence-electron chi connectivity index (χ0n) is 17.8. The van der Waals surface area contributed by atoms with Crippen LogP contribution in [0.15, 0.2) is 91.0 Å². The largest absolute Gasteiger partial charge is 0.462 e. The van der Waals surface area contributed by atoms with Gasteiger partial charge < -0.3 is 14.2 Å². The van der Waals surface area contributed by atoms with Crippen LogP contribution in [-0.4, -0.2) is 31.3 Å². The Labute approximate surface area is 187 Å². The van der Waals surface area contributed by atoms with E-state index >= 15 is 0 Å². The lowest BCUT2D eigenvalue weighted by atomic mass is 9.71. The fraction of sp³-hybridized carbons (Fsp3) is 0.259. The van der Waals surface area contributed by atoms with E-state index in [-0.39, 0.29) is 43.1 Å². The van der Waals surface area contributed by atoms with Crippen LogP contribution in [0.3, 0.4) is 0 Å². The Hall–Kier alpha value is -3.44. The monoisotopic (exact) mass is 430 g/mol. The molecule has 4 rings (SSSR count). The average Bonchev–Trinajstić information content (AvgIpc) is 2.84. The van der Waals surface area contributed by atoms with Crippen molar-refractivity contribution >= 4 is 11.9 Å². The van der Waals surface area contributed by atoms with Gasteiger partial charge in [-0.15, -0.1) is 0 Å². The molecule has 0 radical (unpaired) electrons. The van der Waals surface area contributed by atoms with Gasteiger partial charge >= 0.3 is 11.9 Å². The summed E-state index contributed by atoms with van der Waals surface area (Å²) in [7, 11) is 0. The molecule has 0 N–H and O–H groups in total. The number of benzene rings is 3. The minimum Gasteiger partial charge on any atom is -0.462 e. The van der Waals surface area contributed by atoms with Crippen molar-refractivity contribution < 1.29 is 23.8 Å². The van der Waals surface area contributed by atoms with Crippen molar-refractivity contribution in [2.75, 3.05) is 13.2 Å². The average molecular weight is 431 g/mol. The van der Waals surface area contributed by atoms with E-state index in [2.05, 4.69) is 0 Å². The molecule has 0 heterocycles. The summed E-state index contributed by atoms with van der Waals surface area (Å²) >= 11 is 0. The normalized spacial score (nSPS) is 19.6. The van der Waals surface area contributed by atoms with Gasteiger partial charge in [0.2, 0.25) is 0 Å². The van der Waals surface area contributed by atoms with Gasteiger partial charge in [-0.25, -0.2) is 9.59 Å². The fourth-order valence-corrected chi connectivity index (χ4v) is 3.83. The minimum absolute atomic E-state index is 0.0325. The minimum atomic E-state index is -0.362. The van der Waals surface area contributed by atoms with Crippen LogP contribution >= 0.6 is 0 Å². The van der Waals surface area contributed by atoms with Crippen LogP contribution in [0.1, 0.15) is 32.7 Å². The number of rotatable bonds is 9. The second-order valence-corrected chi connectivity index (χ2v) is 7.92. The maximum absolute atomic E-state index is 12.4. The van der Waals surface area contributed by atoms with Gasteiger partial charge in [0.1, 0.15) is 0 Å². The first-order valence-electron chi connectivity index (χ1n) is 10.8. The third-order valence-electron chi connectivity index (χ3n) is 5.78. The van der Waals surface area contributed by atoms with Crippen LogP contribution in [0.25, 0.3) is 0 Å². The topological polar surface area (TPSA) is 61.8 Å². The van der Waals surface area contributed by atoms with Crippen molar-refractivity contribution in [2.24, 2.45) is 11.8 Å². The first-order chi connectivity index (χ1) is 15.7. The maximum atomic E-state index is 12.4. The molecular weight excluding hydrogens is 404 g/mol. The van der Waals surface area contributed by atoms with E-state index in [0.29, 0.717) is 17.7 Å². The predicted molar refractivity (Wildman–Crippen MR) is 120 cm³/mol. The third-order valence-corrected chi connectivity index (χ3v) is 5.78. The molecule has 0 aromatic heterocycles. The lowest BCUT2D eigenvalue weighted by Gasteiger charge is -2.43. The molecule has 32 heavy (non-hydrogen) atoms. The number of esters is 2. The van der Waals surface area contributed by atoms with E-state index in [9.17, 15) is 9.59 Å². The quantitative estimate of drug-likeness (QED) is 0.451. The standard InChI is InChI=1S/C27H26O5/c28-26(21-12-6-2-7-13-21)31-18-23-16-25(30-17-20-10-4-1-5-11-20)24(23)19-32-27(29)22-14-8-3-9-15-22/h1-15,23-25H,16-19H2/t23-,24-,25+/m0/s1. The summed E-state index contributed by atoms with van der Waals surface area (Å²) < 4.78 is 17.2. The molecule has 1 fully saturated rings. The molecule has 3 aromatic carbocycles. The zero-order chi connectivity index (χ0) is 22.2. The van der Waals surface area contributed by atoms with Crippen LogP contribution in [0.4, 0.5) is 0 Å². The molecule has 3 atom stereocenters. The number of hydrogen-bond donors (Lipinski definition) is 0. The van der Waals surface area contributed by atoms with E-state index in [4.69, 9.17) is 14.2 Å². The van der Waals surface area contributed by atoms with Crippen molar-refractivity contribution in [3.8, 4) is 0 Å². The van der Waals surface area contributed by atoms with E-state index in [1.807, 2.05) is 42.5 Å². The second-order valence-electron chi connectivity index (χ2n) is 7.92. The van der Waals surface area contributed by atoms with Gasteiger partial charge in [-0.1, -0.05) is 66.7 Å². The van der Waals surface area contributed by atoms with E-state index in [1.165, 1.54) is 0 Å². The Balaban J connectivity index is 1.34. The molecule has 3 aromatic rings. The number of carbonyl (C=O) groups excluding carboxylic acids is 2. The highest BCUT2D eigenvalue weighted by Crippen LogP contribution is 2.38. The van der Waals surface area contributed by atoms with Crippen LogP contribution < -0.4 is 0 Å². The van der Waals surface area contributed by atoms with Crippen molar-refractivity contribution in [2.45, 2.75) is 19.1 Å². The molecule has 1 saturated carbocycles. The molecule has 1 aliphatic carbocycles. The highest BCUT2D eigenvalue weighted by molar-refractivity contribution is 5.89. The molecule has 164 valence electrons. The van der Waals surface area contributed by atoms with Crippen LogP contribution in [0, 0.1) is 11.8 Å². The Kier molecular flexibility index (Phi) is 7.31. The lowest BCUT2D eigenvalue weighted by molar-refractivity contribution is -0.125. The molecule has 0 unspecified atom stereocenters. The molecular formula is C27H26O5. The SMILES string of the molecule is O=C(OC[C@@H]1C[C@@H](OCc2ccccc2)[C@H]1COC(=O)c1ccccc1)c1ccccc1. The predicted octanol–water partition coefficient (Wildman–Crippen LogP) is 4.92. The number of carbonyl (C=O) groups is 2. The molecule has 0 amide bonds. The molecule has 0 aliphatic heterocycles. The highest BCUT2D eigenvalue weighted by Gasteiger charge is 2.43. The first kappa shape index (κ1) is 21.8. The summed E-state index contributed by atoms with van der Waals surface area (Å²) in [5.74, 6) is -0.666. The van der Waals surface area contributed by atoms with Gasteiger partial charge in [0.05, 0.1) is 37.1 Å². The van der Waals surface area contributed by atoms with Crippen LogP contribution in [-0.2, 0) is 20.8 Å². The lowest BCUT2D eigenvalue weighted by Crippen LogP contribution is -2.48. The van der Waals surface area contributed by atoms with Crippen LogP contribution in [0.5, 0.6) is 0 Å². The van der Waals surface area contributed by atoms with Gasteiger partial charge in [-0.05, 0) is 36.2 Å². The van der Waals surface area contributed by atoms with Gasteiger partial charge in [0, 0.05) is 11.8 Å². The number of ether oxygens (including phenoxy) is 3. The molecule has 0 spiro atoms. The van der Waals surface area contributed by atoms with Crippen molar-refractivity contribution in [3.05, 3.63) is 108 Å². The fourth-order valence-electron chi connectivity index (χ4n) is 3.83. The van der Waals surface area contributed by atoms with Crippen molar-refractivity contribution in [3.63, 3.8) is 0 Å². The molecule has 5 heteroatoms. The van der Waals surface area contributed by atoms with Gasteiger partial charge in [-0.3, -0.25) is 0 Å². The maximum Gasteiger partial charge on any atom is 0.338 e. The summed E-state index contributed by atoms with van der Waals surface area (Å²) in [6.45, 7) is 0.985. The van der Waals surface area contributed by atoms with Gasteiger partial charge in [-0.2, -0.15) is 0 Å². The third kappa shape index (κ3) is 5.62.